The number of unbranched alkanes of at least 4 members (excludes halogenated alkanes) is 36. The first-order chi connectivity index (χ1) is 49.8. The van der Waals surface area contributed by atoms with Crippen LogP contribution in [-0.2, 0) is 33.2 Å². The van der Waals surface area contributed by atoms with Gasteiger partial charge in [-0.25, -0.2) is 0 Å². The van der Waals surface area contributed by atoms with Crippen molar-refractivity contribution in [2.75, 3.05) is 26.4 Å². The normalized spacial score (nSPS) is 26.6. The van der Waals surface area contributed by atoms with Gasteiger partial charge in [0, 0.05) is 6.42 Å². The van der Waals surface area contributed by atoms with Gasteiger partial charge >= 0.3 is 0 Å². The number of hydrogen-bond acceptors (Lipinski definition) is 18. The summed E-state index contributed by atoms with van der Waals surface area (Å²) >= 11 is 0. The second-order valence-corrected chi connectivity index (χ2v) is 28.8. The van der Waals surface area contributed by atoms with Crippen LogP contribution in [-0.4, -0.2) is 193 Å². The van der Waals surface area contributed by atoms with Gasteiger partial charge in [-0.15, -0.1) is 0 Å². The Morgan fingerprint density at radius 2 is 0.686 bits per heavy atom. The molecule has 0 aliphatic carbocycles. The number of amides is 1. The monoisotopic (exact) mass is 1450 g/mol. The van der Waals surface area contributed by atoms with E-state index in [1.807, 2.05) is 6.08 Å². The summed E-state index contributed by atoms with van der Waals surface area (Å²) in [6, 6.07) is -0.995. The highest BCUT2D eigenvalue weighted by Gasteiger charge is 2.54. The predicted molar refractivity (Wildman–Crippen MR) is 406 cm³/mol. The fourth-order valence-corrected chi connectivity index (χ4v) is 13.4. The lowest BCUT2D eigenvalue weighted by Crippen LogP contribution is -2.66. The van der Waals surface area contributed by atoms with Crippen molar-refractivity contribution in [3.63, 3.8) is 0 Å². The highest BCUT2D eigenvalue weighted by atomic mass is 16.8. The quantitative estimate of drug-likeness (QED) is 0.0199. The molecule has 17 atom stereocenters. The molecule has 3 aliphatic rings. The molecule has 3 aliphatic heterocycles. The van der Waals surface area contributed by atoms with E-state index in [0.29, 0.717) is 12.8 Å². The maximum Gasteiger partial charge on any atom is 0.220 e. The second-order valence-electron chi connectivity index (χ2n) is 28.8. The van der Waals surface area contributed by atoms with E-state index in [-0.39, 0.29) is 18.9 Å². The Kier molecular flexibility index (Phi) is 57.5. The molecule has 3 saturated heterocycles. The van der Waals surface area contributed by atoms with Crippen LogP contribution >= 0.6 is 0 Å². The number of rotatable bonds is 64. The van der Waals surface area contributed by atoms with Gasteiger partial charge in [-0.1, -0.05) is 304 Å². The van der Waals surface area contributed by atoms with Gasteiger partial charge in [0.25, 0.3) is 0 Å². The first-order valence-electron chi connectivity index (χ1n) is 40.8. The Morgan fingerprint density at radius 3 is 1.10 bits per heavy atom. The van der Waals surface area contributed by atoms with E-state index in [2.05, 4.69) is 92.1 Å². The summed E-state index contributed by atoms with van der Waals surface area (Å²) < 4.78 is 34.4. The molecule has 0 aromatic carbocycles. The molecule has 0 aromatic heterocycles. The number of aliphatic hydroxyl groups is 11. The molecule has 0 spiro atoms. The van der Waals surface area contributed by atoms with E-state index in [9.17, 15) is 61.0 Å². The summed E-state index contributed by atoms with van der Waals surface area (Å²) in [5.74, 6) is -0.284. The zero-order valence-corrected chi connectivity index (χ0v) is 63.3. The Labute approximate surface area is 616 Å². The highest BCUT2D eigenvalue weighted by molar-refractivity contribution is 5.76. The summed E-state index contributed by atoms with van der Waals surface area (Å²) in [5, 5.41) is 121. The Balaban J connectivity index is 1.37. The van der Waals surface area contributed by atoms with E-state index in [1.54, 1.807) is 6.08 Å². The molecule has 3 fully saturated rings. The maximum absolute atomic E-state index is 13.5. The minimum absolute atomic E-state index is 0.234. The van der Waals surface area contributed by atoms with Crippen LogP contribution in [0.4, 0.5) is 0 Å². The van der Waals surface area contributed by atoms with E-state index < -0.39 is 124 Å². The third kappa shape index (κ3) is 42.5. The number of allylic oxidation sites excluding steroid dienone is 13. The van der Waals surface area contributed by atoms with Gasteiger partial charge in [0.1, 0.15) is 73.2 Å². The molecule has 0 saturated carbocycles. The van der Waals surface area contributed by atoms with Crippen molar-refractivity contribution in [2.45, 2.75) is 407 Å². The van der Waals surface area contributed by atoms with Crippen molar-refractivity contribution in [1.82, 2.24) is 5.32 Å². The van der Waals surface area contributed by atoms with E-state index >= 15 is 0 Å². The smallest absolute Gasteiger partial charge is 0.220 e. The number of nitrogens with one attached hydrogen (secondary N) is 1. The summed E-state index contributed by atoms with van der Waals surface area (Å²) in [7, 11) is 0. The number of carbonyl (C=O) groups is 1. The van der Waals surface area contributed by atoms with Gasteiger partial charge in [-0.3, -0.25) is 4.79 Å². The highest BCUT2D eigenvalue weighted by Crippen LogP contribution is 2.33. The number of aliphatic hydroxyl groups excluding tert-OH is 11. The van der Waals surface area contributed by atoms with E-state index in [4.69, 9.17) is 28.4 Å². The van der Waals surface area contributed by atoms with Gasteiger partial charge in [0.2, 0.25) is 5.91 Å². The summed E-state index contributed by atoms with van der Waals surface area (Å²) in [4.78, 5) is 13.5. The molecule has 0 radical (unpaired) electrons. The van der Waals surface area contributed by atoms with Gasteiger partial charge in [-0.05, 0) is 77.0 Å². The lowest BCUT2D eigenvalue weighted by atomic mass is 9.96. The minimum atomic E-state index is -1.98. The lowest BCUT2D eigenvalue weighted by Gasteiger charge is -2.48. The second kappa shape index (κ2) is 63.0. The number of carbonyl (C=O) groups excluding carboxylic acids is 1. The topological polar surface area (TPSA) is 307 Å². The molecule has 3 rings (SSSR count). The van der Waals surface area contributed by atoms with E-state index in [1.165, 1.54) is 199 Å². The molecule has 12 N–H and O–H groups in total. The summed E-state index contributed by atoms with van der Waals surface area (Å²) in [6.07, 6.45) is 57.1. The molecule has 19 nitrogen and oxygen atoms in total. The maximum atomic E-state index is 13.5. The van der Waals surface area contributed by atoms with Crippen LogP contribution in [0.25, 0.3) is 0 Å². The van der Waals surface area contributed by atoms with Crippen molar-refractivity contribution in [3.8, 4) is 0 Å². The van der Waals surface area contributed by atoms with Crippen molar-refractivity contribution in [3.05, 3.63) is 85.1 Å². The number of ether oxygens (including phenoxy) is 6. The SMILES string of the molecule is CC/C=C\C/C=C\C/C=C\C/C=C\C/C=C\CCCCCCCCCCCCCCCCCCCC(=O)NC(COC1OC(CO)C(OC2OC(CO)C(OC3OC(CO)C(O)C(O)C3O)C(O)C2O)C(O)C1O)C(O)/C=C/CC/C=C/CCCCCCCCCCCCCCCCCCCC. The van der Waals surface area contributed by atoms with Crippen LogP contribution in [0.1, 0.15) is 303 Å². The zero-order valence-electron chi connectivity index (χ0n) is 63.3. The van der Waals surface area contributed by atoms with Crippen LogP contribution in [0.3, 0.4) is 0 Å². The van der Waals surface area contributed by atoms with Gasteiger partial charge in [0.05, 0.1) is 38.6 Å². The fraction of sp³-hybridized carbons (Fsp3) is 0.819. The van der Waals surface area contributed by atoms with Crippen LogP contribution < -0.4 is 5.32 Å². The average Bonchev–Trinajstić information content (AvgIpc) is 0.781. The van der Waals surface area contributed by atoms with Crippen molar-refractivity contribution >= 4 is 5.91 Å². The van der Waals surface area contributed by atoms with Crippen LogP contribution in [0.15, 0.2) is 85.1 Å². The van der Waals surface area contributed by atoms with Gasteiger partial charge < -0.3 is 89.9 Å². The Hall–Kier alpha value is -3.03. The first kappa shape index (κ1) is 93.2. The largest absolute Gasteiger partial charge is 0.394 e. The predicted octanol–water partition coefficient (Wildman–Crippen LogP) is 13.8. The molecule has 102 heavy (non-hydrogen) atoms. The van der Waals surface area contributed by atoms with Crippen molar-refractivity contribution in [2.24, 2.45) is 0 Å². The Morgan fingerprint density at radius 1 is 0.363 bits per heavy atom. The Bertz CT molecular complexity index is 2170. The molecule has 19 heteroatoms. The van der Waals surface area contributed by atoms with Crippen molar-refractivity contribution < 1.29 is 89.4 Å². The minimum Gasteiger partial charge on any atom is -0.394 e. The van der Waals surface area contributed by atoms with Crippen LogP contribution in [0.2, 0.25) is 0 Å². The molecule has 1 amide bonds. The third-order valence-corrected chi connectivity index (χ3v) is 19.9. The standard InChI is InChI=1S/C83H147NO18/c1-3-5-7-9-11-13-15-17-19-21-23-25-27-29-30-31-32-33-34-35-36-37-39-41-43-45-47-49-51-53-55-57-59-61-71(89)84-66(67(88)60-58-56-54-52-50-48-46-44-42-40-38-28-26-24-22-20-18-16-14-12-10-8-6-4-2)65-97-81-77(95)74(92)79(69(63-86)99-81)102-83-78(96)75(93)80(70(64-87)100-83)101-82-76(94)73(91)72(90)68(62-85)98-82/h5,7,11,13,17,19,23,25,29-30,50,52,58,60,66-70,72-83,85-88,90-96H,3-4,6,8-10,12,14-16,18,20-22,24,26-28,31-49,51,53-57,59,61-65H2,1-2H3,(H,84,89)/b7-5-,13-11-,19-17-,25-23-,30-29-,52-50+,60-58+. The fourth-order valence-electron chi connectivity index (χ4n) is 13.4. The van der Waals surface area contributed by atoms with Gasteiger partial charge in [-0.2, -0.15) is 0 Å². The third-order valence-electron chi connectivity index (χ3n) is 19.9. The molecule has 592 valence electrons. The van der Waals surface area contributed by atoms with Crippen molar-refractivity contribution in [1.29, 1.82) is 0 Å². The van der Waals surface area contributed by atoms with Crippen LogP contribution in [0, 0.1) is 0 Å². The summed E-state index contributed by atoms with van der Waals surface area (Å²) in [5.41, 5.74) is 0. The van der Waals surface area contributed by atoms with Crippen LogP contribution in [0.5, 0.6) is 0 Å². The van der Waals surface area contributed by atoms with Gasteiger partial charge in [0.15, 0.2) is 18.9 Å². The van der Waals surface area contributed by atoms with E-state index in [0.717, 1.165) is 70.6 Å². The molecule has 0 bridgehead atoms. The molecular formula is C83H147NO18. The zero-order chi connectivity index (χ0) is 73.9. The lowest BCUT2D eigenvalue weighted by molar-refractivity contribution is -0.379. The molecule has 17 unspecified atom stereocenters. The summed E-state index contributed by atoms with van der Waals surface area (Å²) in [6.45, 7) is 1.64. The number of hydrogen-bond donors (Lipinski definition) is 12. The molecule has 3 heterocycles. The molecular weight excluding hydrogens is 1300 g/mol. The average molecular weight is 1450 g/mol. The first-order valence-corrected chi connectivity index (χ1v) is 40.8. The molecule has 0 aromatic rings.